The predicted molar refractivity (Wildman–Crippen MR) is 97.4 cm³/mol. The van der Waals surface area contributed by atoms with Crippen molar-refractivity contribution in [3.05, 3.63) is 59.2 Å². The molecule has 5 heteroatoms. The minimum atomic E-state index is -0.997. The summed E-state index contributed by atoms with van der Waals surface area (Å²) in [6, 6.07) is 12.2. The number of carboxylic acids is 1. The molecule has 25 heavy (non-hydrogen) atoms. The predicted octanol–water partition coefficient (Wildman–Crippen LogP) is 4.01. The van der Waals surface area contributed by atoms with Gasteiger partial charge in [-0.05, 0) is 53.8 Å². The molecule has 0 fully saturated rings. The zero-order chi connectivity index (χ0) is 18.6. The van der Waals surface area contributed by atoms with Crippen molar-refractivity contribution in [1.29, 1.82) is 0 Å². The summed E-state index contributed by atoms with van der Waals surface area (Å²) in [6.07, 6.45) is 0. The number of ether oxygens (including phenoxy) is 1. The Hall–Kier alpha value is -2.82. The number of anilines is 1. The highest BCUT2D eigenvalue weighted by Crippen LogP contribution is 2.24. The Balaban J connectivity index is 1.94. The average molecular weight is 341 g/mol. The Bertz CT molecular complexity index is 773. The van der Waals surface area contributed by atoms with Crippen LogP contribution < -0.4 is 10.1 Å². The molecule has 2 rings (SSSR count). The fourth-order valence-electron chi connectivity index (χ4n) is 2.32. The number of carboxylic acid groups (broad SMARTS) is 1. The van der Waals surface area contributed by atoms with Crippen LogP contribution in [0, 0.1) is 6.92 Å². The molecule has 2 aromatic rings. The van der Waals surface area contributed by atoms with Crippen molar-refractivity contribution < 1.29 is 19.4 Å². The van der Waals surface area contributed by atoms with Crippen LogP contribution in [0.3, 0.4) is 0 Å². The van der Waals surface area contributed by atoms with Gasteiger partial charge in [0.15, 0.2) is 6.61 Å². The molecule has 5 nitrogen and oxygen atoms in total. The van der Waals surface area contributed by atoms with Gasteiger partial charge in [0.05, 0.1) is 5.56 Å². The smallest absolute Gasteiger partial charge is 0.335 e. The number of hydrogen-bond acceptors (Lipinski definition) is 3. The minimum absolute atomic E-state index is 0.0650. The molecule has 1 amide bonds. The fourth-order valence-corrected chi connectivity index (χ4v) is 2.32. The number of aryl methyl sites for hydroxylation is 1. The van der Waals surface area contributed by atoms with Gasteiger partial charge in [-0.2, -0.15) is 0 Å². The molecule has 0 saturated carbocycles. The first-order chi connectivity index (χ1) is 11.7. The highest BCUT2D eigenvalue weighted by molar-refractivity contribution is 5.94. The van der Waals surface area contributed by atoms with Crippen LogP contribution in [-0.2, 0) is 10.2 Å². The van der Waals surface area contributed by atoms with E-state index in [4.69, 9.17) is 9.84 Å². The number of benzene rings is 2. The van der Waals surface area contributed by atoms with Gasteiger partial charge in [-0.15, -0.1) is 0 Å². The van der Waals surface area contributed by atoms with Crippen molar-refractivity contribution in [3.8, 4) is 5.75 Å². The molecule has 2 N–H and O–H groups in total. The minimum Gasteiger partial charge on any atom is -0.484 e. The number of nitrogens with one attached hydrogen (secondary N) is 1. The van der Waals surface area contributed by atoms with E-state index in [1.807, 2.05) is 24.3 Å². The summed E-state index contributed by atoms with van der Waals surface area (Å²) in [5.74, 6) is -0.671. The van der Waals surface area contributed by atoms with E-state index in [1.165, 1.54) is 17.7 Å². The number of carbonyl (C=O) groups is 2. The third kappa shape index (κ3) is 5.08. The first-order valence-corrected chi connectivity index (χ1v) is 8.04. The number of carbonyl (C=O) groups excluding carboxylic acids is 1. The van der Waals surface area contributed by atoms with Gasteiger partial charge in [0.1, 0.15) is 5.75 Å². The standard InChI is InChI=1S/C20H23NO4/c1-13-11-14(19(23)24)5-10-17(13)21-18(22)12-25-16-8-6-15(7-9-16)20(2,3)4/h5-11H,12H2,1-4H3,(H,21,22)(H,23,24). The van der Waals surface area contributed by atoms with Gasteiger partial charge >= 0.3 is 5.97 Å². The summed E-state index contributed by atoms with van der Waals surface area (Å²) < 4.78 is 5.50. The van der Waals surface area contributed by atoms with E-state index in [0.717, 1.165) is 0 Å². The second kappa shape index (κ2) is 7.38. The summed E-state index contributed by atoms with van der Waals surface area (Å²) in [4.78, 5) is 23.0. The largest absolute Gasteiger partial charge is 0.484 e. The second-order valence-electron chi connectivity index (χ2n) is 6.95. The molecule has 132 valence electrons. The zero-order valence-electron chi connectivity index (χ0n) is 14.9. The molecule has 0 aliphatic heterocycles. The van der Waals surface area contributed by atoms with Crippen LogP contribution in [0.5, 0.6) is 5.75 Å². The molecule has 2 aromatic carbocycles. The van der Waals surface area contributed by atoms with Crippen LogP contribution in [0.2, 0.25) is 0 Å². The number of amides is 1. The van der Waals surface area contributed by atoms with E-state index in [-0.39, 0.29) is 23.5 Å². The monoisotopic (exact) mass is 341 g/mol. The zero-order valence-corrected chi connectivity index (χ0v) is 14.9. The van der Waals surface area contributed by atoms with Crippen molar-refractivity contribution >= 4 is 17.6 Å². The molecule has 0 unspecified atom stereocenters. The summed E-state index contributed by atoms with van der Waals surface area (Å²) in [7, 11) is 0. The SMILES string of the molecule is Cc1cc(C(=O)O)ccc1NC(=O)COc1ccc(C(C)(C)C)cc1. The van der Waals surface area contributed by atoms with E-state index in [0.29, 0.717) is 17.0 Å². The van der Waals surface area contributed by atoms with E-state index in [2.05, 4.69) is 26.1 Å². The second-order valence-corrected chi connectivity index (χ2v) is 6.95. The molecule has 0 aliphatic carbocycles. The normalized spacial score (nSPS) is 11.0. The van der Waals surface area contributed by atoms with Crippen molar-refractivity contribution in [1.82, 2.24) is 0 Å². The molecular formula is C20H23NO4. The maximum Gasteiger partial charge on any atom is 0.335 e. The Labute approximate surface area is 147 Å². The van der Waals surface area contributed by atoms with Gasteiger partial charge < -0.3 is 15.2 Å². The molecular weight excluding hydrogens is 318 g/mol. The lowest BCUT2D eigenvalue weighted by atomic mass is 9.87. The quantitative estimate of drug-likeness (QED) is 0.861. The molecule has 0 aromatic heterocycles. The maximum atomic E-state index is 12.0. The van der Waals surface area contributed by atoms with Gasteiger partial charge in [0.2, 0.25) is 0 Å². The van der Waals surface area contributed by atoms with Crippen molar-refractivity contribution in [2.24, 2.45) is 0 Å². The topological polar surface area (TPSA) is 75.6 Å². The highest BCUT2D eigenvalue weighted by atomic mass is 16.5. The van der Waals surface area contributed by atoms with Gasteiger partial charge in [-0.1, -0.05) is 32.9 Å². The first-order valence-electron chi connectivity index (χ1n) is 8.04. The lowest BCUT2D eigenvalue weighted by Gasteiger charge is -2.19. The van der Waals surface area contributed by atoms with Crippen molar-refractivity contribution in [2.45, 2.75) is 33.1 Å². The maximum absolute atomic E-state index is 12.0. The fraction of sp³-hybridized carbons (Fsp3) is 0.300. The molecule has 0 aliphatic rings. The Kier molecular flexibility index (Phi) is 5.47. The molecule has 0 atom stereocenters. The van der Waals surface area contributed by atoms with E-state index in [9.17, 15) is 9.59 Å². The van der Waals surface area contributed by atoms with Gasteiger partial charge in [-0.25, -0.2) is 4.79 Å². The number of hydrogen-bond donors (Lipinski definition) is 2. The van der Waals surface area contributed by atoms with Crippen LogP contribution in [0.15, 0.2) is 42.5 Å². The van der Waals surface area contributed by atoms with Crippen LogP contribution >= 0.6 is 0 Å². The molecule has 0 bridgehead atoms. The molecule has 0 heterocycles. The number of aromatic carboxylic acids is 1. The summed E-state index contributed by atoms with van der Waals surface area (Å²) in [6.45, 7) is 8.03. The summed E-state index contributed by atoms with van der Waals surface area (Å²) in [5, 5.41) is 11.7. The summed E-state index contributed by atoms with van der Waals surface area (Å²) in [5.41, 5.74) is 2.70. The van der Waals surface area contributed by atoms with Gasteiger partial charge in [-0.3, -0.25) is 4.79 Å². The lowest BCUT2D eigenvalue weighted by molar-refractivity contribution is -0.118. The first kappa shape index (κ1) is 18.5. The Morgan fingerprint density at radius 1 is 1.08 bits per heavy atom. The van der Waals surface area contributed by atoms with Crippen molar-refractivity contribution in [3.63, 3.8) is 0 Å². The average Bonchev–Trinajstić information content (AvgIpc) is 2.54. The lowest BCUT2D eigenvalue weighted by Crippen LogP contribution is -2.20. The molecule has 0 saturated heterocycles. The van der Waals surface area contributed by atoms with Gasteiger partial charge in [0, 0.05) is 5.69 Å². The molecule has 0 radical (unpaired) electrons. The van der Waals surface area contributed by atoms with Crippen LogP contribution in [0.25, 0.3) is 0 Å². The van der Waals surface area contributed by atoms with Crippen molar-refractivity contribution in [2.75, 3.05) is 11.9 Å². The van der Waals surface area contributed by atoms with E-state index < -0.39 is 5.97 Å². The van der Waals surface area contributed by atoms with E-state index in [1.54, 1.807) is 13.0 Å². The summed E-state index contributed by atoms with van der Waals surface area (Å²) >= 11 is 0. The third-order valence-corrected chi connectivity index (χ3v) is 3.84. The molecule has 0 spiro atoms. The van der Waals surface area contributed by atoms with Crippen LogP contribution in [-0.4, -0.2) is 23.6 Å². The highest BCUT2D eigenvalue weighted by Gasteiger charge is 2.13. The Morgan fingerprint density at radius 2 is 1.72 bits per heavy atom. The van der Waals surface area contributed by atoms with E-state index >= 15 is 0 Å². The Morgan fingerprint density at radius 3 is 2.24 bits per heavy atom. The van der Waals surface area contributed by atoms with Crippen LogP contribution in [0.4, 0.5) is 5.69 Å². The third-order valence-electron chi connectivity index (χ3n) is 3.84. The van der Waals surface area contributed by atoms with Crippen LogP contribution in [0.1, 0.15) is 42.3 Å². The van der Waals surface area contributed by atoms with Gasteiger partial charge in [0.25, 0.3) is 5.91 Å². The number of rotatable bonds is 5.